The van der Waals surface area contributed by atoms with Gasteiger partial charge in [0.25, 0.3) is 0 Å². The van der Waals surface area contributed by atoms with E-state index in [1.54, 1.807) is 0 Å². The predicted octanol–water partition coefficient (Wildman–Crippen LogP) is 4.08. The van der Waals surface area contributed by atoms with Gasteiger partial charge in [-0.1, -0.05) is 47.0 Å². The zero-order valence-corrected chi connectivity index (χ0v) is 11.8. The zero-order chi connectivity index (χ0) is 12.0. The van der Waals surface area contributed by atoms with Crippen LogP contribution in [-0.4, -0.2) is 13.1 Å². The highest BCUT2D eigenvalue weighted by Gasteiger charge is 2.23. The molecular formula is C15H31N. The Balaban J connectivity index is 2.29. The molecule has 16 heavy (non-hydrogen) atoms. The summed E-state index contributed by atoms with van der Waals surface area (Å²) in [5.41, 5.74) is 0. The molecule has 0 saturated heterocycles. The van der Waals surface area contributed by atoms with Crippen molar-refractivity contribution in [3.63, 3.8) is 0 Å². The van der Waals surface area contributed by atoms with Crippen molar-refractivity contribution in [1.29, 1.82) is 0 Å². The van der Waals surface area contributed by atoms with Gasteiger partial charge < -0.3 is 5.32 Å². The first-order valence-electron chi connectivity index (χ1n) is 7.34. The summed E-state index contributed by atoms with van der Waals surface area (Å²) in [6.07, 6.45) is 7.38. The second-order valence-electron chi connectivity index (χ2n) is 6.16. The van der Waals surface area contributed by atoms with E-state index < -0.39 is 0 Å². The van der Waals surface area contributed by atoms with Gasteiger partial charge in [0.1, 0.15) is 0 Å². The lowest BCUT2D eigenvalue weighted by atomic mass is 9.76. The van der Waals surface area contributed by atoms with Gasteiger partial charge in [0.15, 0.2) is 0 Å². The Hall–Kier alpha value is -0.0400. The Bertz CT molecular complexity index is 172. The van der Waals surface area contributed by atoms with Gasteiger partial charge in [-0.2, -0.15) is 0 Å². The van der Waals surface area contributed by atoms with E-state index in [0.29, 0.717) is 0 Å². The molecule has 0 bridgehead atoms. The van der Waals surface area contributed by atoms with Gasteiger partial charge >= 0.3 is 0 Å². The van der Waals surface area contributed by atoms with Gasteiger partial charge in [-0.05, 0) is 49.6 Å². The largest absolute Gasteiger partial charge is 0.317 e. The normalized spacial score (nSPS) is 20.8. The maximum atomic E-state index is 3.55. The Kier molecular flexibility index (Phi) is 6.41. The predicted molar refractivity (Wildman–Crippen MR) is 72.6 cm³/mol. The number of rotatable bonds is 8. The van der Waals surface area contributed by atoms with Crippen molar-refractivity contribution >= 4 is 0 Å². The molecule has 1 aliphatic rings. The molecule has 0 aliphatic heterocycles. The second kappa shape index (κ2) is 7.32. The third kappa shape index (κ3) is 4.86. The minimum Gasteiger partial charge on any atom is -0.317 e. The molecule has 0 amide bonds. The van der Waals surface area contributed by atoms with Crippen LogP contribution in [0.25, 0.3) is 0 Å². The molecular weight excluding hydrogens is 194 g/mol. The highest BCUT2D eigenvalue weighted by molar-refractivity contribution is 4.76. The van der Waals surface area contributed by atoms with Crippen molar-refractivity contribution in [1.82, 2.24) is 5.32 Å². The topological polar surface area (TPSA) is 12.0 Å². The van der Waals surface area contributed by atoms with Gasteiger partial charge in [-0.25, -0.2) is 0 Å². The summed E-state index contributed by atoms with van der Waals surface area (Å²) in [6, 6.07) is 0. The van der Waals surface area contributed by atoms with Crippen LogP contribution < -0.4 is 5.32 Å². The molecule has 96 valence electrons. The van der Waals surface area contributed by atoms with E-state index in [2.05, 4.69) is 33.0 Å². The molecule has 1 N–H and O–H groups in total. The summed E-state index contributed by atoms with van der Waals surface area (Å²) >= 11 is 0. The Morgan fingerprint density at radius 3 is 2.31 bits per heavy atom. The SMILES string of the molecule is CCNCC(CC1CCC1)CC(C)C(C)C. The summed E-state index contributed by atoms with van der Waals surface area (Å²) in [5, 5.41) is 3.55. The van der Waals surface area contributed by atoms with Crippen LogP contribution in [-0.2, 0) is 0 Å². The minimum atomic E-state index is 0.838. The van der Waals surface area contributed by atoms with Crippen LogP contribution in [0.2, 0.25) is 0 Å². The fourth-order valence-corrected chi connectivity index (χ4v) is 2.61. The molecule has 0 heterocycles. The molecule has 1 saturated carbocycles. The molecule has 1 rings (SSSR count). The monoisotopic (exact) mass is 225 g/mol. The van der Waals surface area contributed by atoms with Gasteiger partial charge in [-0.3, -0.25) is 0 Å². The van der Waals surface area contributed by atoms with Crippen LogP contribution in [0.4, 0.5) is 0 Å². The molecule has 0 aromatic heterocycles. The van der Waals surface area contributed by atoms with Crippen LogP contribution in [0.1, 0.15) is 59.8 Å². The lowest BCUT2D eigenvalue weighted by molar-refractivity contribution is 0.212. The smallest absolute Gasteiger partial charge is 0.00204 e. The maximum Gasteiger partial charge on any atom is -0.00204 e. The average molecular weight is 225 g/mol. The molecule has 0 radical (unpaired) electrons. The first-order chi connectivity index (χ1) is 7.63. The van der Waals surface area contributed by atoms with E-state index in [4.69, 9.17) is 0 Å². The second-order valence-corrected chi connectivity index (χ2v) is 6.16. The van der Waals surface area contributed by atoms with Crippen LogP contribution in [0.5, 0.6) is 0 Å². The fourth-order valence-electron chi connectivity index (χ4n) is 2.61. The molecule has 2 unspecified atom stereocenters. The van der Waals surface area contributed by atoms with E-state index in [9.17, 15) is 0 Å². The molecule has 1 fully saturated rings. The van der Waals surface area contributed by atoms with Crippen molar-refractivity contribution in [2.24, 2.45) is 23.7 Å². The Labute approximate surface area is 102 Å². The van der Waals surface area contributed by atoms with Gasteiger partial charge in [-0.15, -0.1) is 0 Å². The highest BCUT2D eigenvalue weighted by atomic mass is 14.8. The van der Waals surface area contributed by atoms with E-state index in [0.717, 1.165) is 30.2 Å². The first-order valence-corrected chi connectivity index (χ1v) is 7.34. The molecule has 0 aromatic carbocycles. The van der Waals surface area contributed by atoms with E-state index in [1.165, 1.54) is 38.6 Å². The molecule has 1 nitrogen and oxygen atoms in total. The van der Waals surface area contributed by atoms with Gasteiger partial charge in [0, 0.05) is 0 Å². The molecule has 1 aliphatic carbocycles. The van der Waals surface area contributed by atoms with Crippen LogP contribution in [0.15, 0.2) is 0 Å². The number of nitrogens with one attached hydrogen (secondary N) is 1. The standard InChI is InChI=1S/C15H31N/c1-5-16-11-15(9-13(4)12(2)3)10-14-7-6-8-14/h12-16H,5-11H2,1-4H3. The fraction of sp³-hybridized carbons (Fsp3) is 1.00. The summed E-state index contributed by atoms with van der Waals surface area (Å²) in [7, 11) is 0. The summed E-state index contributed by atoms with van der Waals surface area (Å²) in [5.74, 6) is 3.69. The molecule has 0 spiro atoms. The van der Waals surface area contributed by atoms with Crippen LogP contribution >= 0.6 is 0 Å². The third-order valence-corrected chi connectivity index (χ3v) is 4.42. The number of hydrogen-bond acceptors (Lipinski definition) is 1. The van der Waals surface area contributed by atoms with E-state index >= 15 is 0 Å². The third-order valence-electron chi connectivity index (χ3n) is 4.42. The van der Waals surface area contributed by atoms with Crippen LogP contribution in [0, 0.1) is 23.7 Å². The van der Waals surface area contributed by atoms with Crippen molar-refractivity contribution in [3.8, 4) is 0 Å². The van der Waals surface area contributed by atoms with E-state index in [-0.39, 0.29) is 0 Å². The molecule has 0 aromatic rings. The average Bonchev–Trinajstić information content (AvgIpc) is 2.18. The van der Waals surface area contributed by atoms with Crippen molar-refractivity contribution in [2.75, 3.05) is 13.1 Å². The summed E-state index contributed by atoms with van der Waals surface area (Å²) in [6.45, 7) is 11.7. The lowest BCUT2D eigenvalue weighted by Gasteiger charge is -2.31. The first kappa shape index (κ1) is 14.0. The molecule has 2 atom stereocenters. The molecule has 1 heteroatoms. The zero-order valence-electron chi connectivity index (χ0n) is 11.8. The Morgan fingerprint density at radius 2 is 1.88 bits per heavy atom. The van der Waals surface area contributed by atoms with Gasteiger partial charge in [0.2, 0.25) is 0 Å². The maximum absolute atomic E-state index is 3.55. The lowest BCUT2D eigenvalue weighted by Crippen LogP contribution is -2.28. The number of hydrogen-bond donors (Lipinski definition) is 1. The summed E-state index contributed by atoms with van der Waals surface area (Å²) < 4.78 is 0. The van der Waals surface area contributed by atoms with Crippen molar-refractivity contribution in [2.45, 2.75) is 59.8 Å². The minimum absolute atomic E-state index is 0.838. The summed E-state index contributed by atoms with van der Waals surface area (Å²) in [4.78, 5) is 0. The van der Waals surface area contributed by atoms with Crippen LogP contribution in [0.3, 0.4) is 0 Å². The van der Waals surface area contributed by atoms with Gasteiger partial charge in [0.05, 0.1) is 0 Å². The van der Waals surface area contributed by atoms with E-state index in [1.807, 2.05) is 0 Å². The quantitative estimate of drug-likeness (QED) is 0.656. The van der Waals surface area contributed by atoms with Crippen molar-refractivity contribution in [3.05, 3.63) is 0 Å². The Morgan fingerprint density at radius 1 is 1.19 bits per heavy atom. The van der Waals surface area contributed by atoms with Crippen molar-refractivity contribution < 1.29 is 0 Å². The highest BCUT2D eigenvalue weighted by Crippen LogP contribution is 2.34.